The van der Waals surface area contributed by atoms with E-state index in [1.54, 1.807) is 28.4 Å². The number of rotatable bonds is 4. The summed E-state index contributed by atoms with van der Waals surface area (Å²) in [5.41, 5.74) is 3.09. The Balaban J connectivity index is 1.43. The summed E-state index contributed by atoms with van der Waals surface area (Å²) in [4.78, 5) is 28.1. The van der Waals surface area contributed by atoms with Gasteiger partial charge in [0.1, 0.15) is 5.00 Å². The number of ether oxygens (including phenoxy) is 2. The Kier molecular flexibility index (Phi) is 7.39. The fourth-order valence-corrected chi connectivity index (χ4v) is 5.63. The van der Waals surface area contributed by atoms with Crippen LogP contribution >= 0.6 is 23.6 Å². The number of thiocarbonyl (C=S) groups is 1. The molecule has 0 unspecified atom stereocenters. The largest absolute Gasteiger partial charge is 0.465 e. The van der Waals surface area contributed by atoms with Crippen LogP contribution in [-0.4, -0.2) is 55.3 Å². The Morgan fingerprint density at radius 2 is 1.78 bits per heavy atom. The van der Waals surface area contributed by atoms with E-state index >= 15 is 0 Å². The van der Waals surface area contributed by atoms with Crippen LogP contribution in [0.4, 0.5) is 10.7 Å². The maximum Gasteiger partial charge on any atom is 0.341 e. The van der Waals surface area contributed by atoms with Crippen LogP contribution in [-0.2, 0) is 22.3 Å². The molecule has 2 N–H and O–H groups in total. The van der Waals surface area contributed by atoms with E-state index in [-0.39, 0.29) is 11.9 Å². The topological polar surface area (TPSA) is 79.9 Å². The van der Waals surface area contributed by atoms with Crippen LogP contribution in [0.3, 0.4) is 0 Å². The van der Waals surface area contributed by atoms with E-state index in [4.69, 9.17) is 21.7 Å². The molecular formula is C23H27N3O4S2. The van der Waals surface area contributed by atoms with E-state index in [0.717, 1.165) is 41.9 Å². The van der Waals surface area contributed by atoms with Crippen LogP contribution in [0.25, 0.3) is 0 Å². The Labute approximate surface area is 197 Å². The molecule has 32 heavy (non-hydrogen) atoms. The Hall–Kier alpha value is -2.49. The summed E-state index contributed by atoms with van der Waals surface area (Å²) >= 11 is 7.08. The fourth-order valence-electron chi connectivity index (χ4n) is 4.06. The Morgan fingerprint density at radius 1 is 1.06 bits per heavy atom. The van der Waals surface area contributed by atoms with Crippen molar-refractivity contribution in [3.8, 4) is 0 Å². The lowest BCUT2D eigenvalue weighted by atomic mass is 10.1. The first-order valence-electron chi connectivity index (χ1n) is 10.8. The second-order valence-corrected chi connectivity index (χ2v) is 9.33. The predicted octanol–water partition coefficient (Wildman–Crippen LogP) is 4.08. The summed E-state index contributed by atoms with van der Waals surface area (Å²) in [6.07, 6.45) is 5.24. The van der Waals surface area contributed by atoms with Gasteiger partial charge in [-0.2, -0.15) is 0 Å². The first-order valence-corrected chi connectivity index (χ1v) is 12.1. The lowest BCUT2D eigenvalue weighted by molar-refractivity contribution is 0.0303. The van der Waals surface area contributed by atoms with Gasteiger partial charge >= 0.3 is 5.97 Å². The minimum Gasteiger partial charge on any atom is -0.465 e. The summed E-state index contributed by atoms with van der Waals surface area (Å²) in [5, 5.41) is 7.44. The average Bonchev–Trinajstić information content (AvgIpc) is 2.99. The van der Waals surface area contributed by atoms with Gasteiger partial charge in [0.25, 0.3) is 5.91 Å². The maximum atomic E-state index is 12.6. The van der Waals surface area contributed by atoms with Crippen LogP contribution < -0.4 is 10.6 Å². The highest BCUT2D eigenvalue weighted by atomic mass is 32.1. The molecule has 0 spiro atoms. The Morgan fingerprint density at radius 3 is 2.50 bits per heavy atom. The molecule has 1 saturated heterocycles. The molecule has 4 rings (SSSR count). The second kappa shape index (κ2) is 10.4. The third-order valence-electron chi connectivity index (χ3n) is 5.73. The summed E-state index contributed by atoms with van der Waals surface area (Å²) in [6.45, 7) is 2.37. The Bertz CT molecular complexity index is 997. The molecule has 2 aliphatic rings. The van der Waals surface area contributed by atoms with Gasteiger partial charge in [-0.25, -0.2) is 4.79 Å². The molecule has 0 radical (unpaired) electrons. The van der Waals surface area contributed by atoms with E-state index in [0.29, 0.717) is 42.5 Å². The van der Waals surface area contributed by atoms with Crippen LogP contribution in [0, 0.1) is 0 Å². The number of nitrogens with zero attached hydrogens (tertiary/aromatic N) is 1. The summed E-state index contributed by atoms with van der Waals surface area (Å²) in [6, 6.07) is 7.23. The molecule has 1 aromatic heterocycles. The van der Waals surface area contributed by atoms with Gasteiger partial charge in [-0.15, -0.1) is 11.3 Å². The first kappa shape index (κ1) is 22.7. The van der Waals surface area contributed by atoms with Gasteiger partial charge in [-0.3, -0.25) is 4.79 Å². The molecule has 9 heteroatoms. The zero-order chi connectivity index (χ0) is 22.5. The first-order chi connectivity index (χ1) is 15.6. The summed E-state index contributed by atoms with van der Waals surface area (Å²) in [7, 11) is 1.41. The predicted molar refractivity (Wildman–Crippen MR) is 130 cm³/mol. The number of aryl methyl sites for hydroxylation is 1. The van der Waals surface area contributed by atoms with Crippen molar-refractivity contribution in [3.63, 3.8) is 0 Å². The molecule has 0 saturated carbocycles. The van der Waals surface area contributed by atoms with Crippen LogP contribution in [0.1, 0.15) is 50.4 Å². The molecule has 1 fully saturated rings. The number of thiophene rings is 1. The monoisotopic (exact) mass is 473 g/mol. The lowest BCUT2D eigenvalue weighted by Gasteiger charge is -2.26. The number of hydrogen-bond acceptors (Lipinski definition) is 6. The SMILES string of the molecule is COC(=O)c1c(NC(=S)Nc2ccc(C(=O)N3CCOCC3)cc2)sc2c1CCCCC2. The van der Waals surface area contributed by atoms with E-state index in [2.05, 4.69) is 10.6 Å². The average molecular weight is 474 g/mol. The van der Waals surface area contributed by atoms with Crippen molar-refractivity contribution in [2.75, 3.05) is 44.0 Å². The molecule has 2 aromatic rings. The van der Waals surface area contributed by atoms with Gasteiger partial charge in [-0.1, -0.05) is 6.42 Å². The molecular weight excluding hydrogens is 446 g/mol. The maximum absolute atomic E-state index is 12.6. The minimum absolute atomic E-state index is 0.00311. The summed E-state index contributed by atoms with van der Waals surface area (Å²) in [5.74, 6) is -0.330. The van der Waals surface area contributed by atoms with Crippen molar-refractivity contribution < 1.29 is 19.1 Å². The number of hydrogen-bond donors (Lipinski definition) is 2. The van der Waals surface area contributed by atoms with Gasteiger partial charge < -0.3 is 25.0 Å². The molecule has 0 bridgehead atoms. The smallest absolute Gasteiger partial charge is 0.341 e. The minimum atomic E-state index is -0.333. The van der Waals surface area contributed by atoms with Gasteiger partial charge in [0.2, 0.25) is 0 Å². The lowest BCUT2D eigenvalue weighted by Crippen LogP contribution is -2.40. The number of amides is 1. The van der Waals surface area contributed by atoms with E-state index in [1.165, 1.54) is 18.4 Å². The molecule has 1 amide bonds. The van der Waals surface area contributed by atoms with Gasteiger partial charge in [0.15, 0.2) is 5.11 Å². The van der Waals surface area contributed by atoms with Crippen molar-refractivity contribution in [1.29, 1.82) is 0 Å². The third-order valence-corrected chi connectivity index (χ3v) is 7.14. The quantitative estimate of drug-likeness (QED) is 0.393. The van der Waals surface area contributed by atoms with E-state index < -0.39 is 0 Å². The van der Waals surface area contributed by atoms with Crippen molar-refractivity contribution in [3.05, 3.63) is 45.8 Å². The molecule has 1 aliphatic heterocycles. The van der Waals surface area contributed by atoms with Crippen molar-refractivity contribution >= 4 is 51.2 Å². The van der Waals surface area contributed by atoms with Crippen LogP contribution in [0.15, 0.2) is 24.3 Å². The van der Waals surface area contributed by atoms with Crippen molar-refractivity contribution in [2.24, 2.45) is 0 Å². The fraction of sp³-hybridized carbons (Fsp3) is 0.435. The number of nitrogens with one attached hydrogen (secondary N) is 2. The van der Waals surface area contributed by atoms with E-state index in [9.17, 15) is 9.59 Å². The molecule has 0 atom stereocenters. The molecule has 1 aliphatic carbocycles. The number of carbonyl (C=O) groups is 2. The highest BCUT2D eigenvalue weighted by molar-refractivity contribution is 7.80. The van der Waals surface area contributed by atoms with Gasteiger partial charge in [0.05, 0.1) is 25.9 Å². The highest BCUT2D eigenvalue weighted by Crippen LogP contribution is 2.38. The molecule has 1 aromatic carbocycles. The van der Waals surface area contributed by atoms with Crippen LogP contribution in [0.5, 0.6) is 0 Å². The number of fused-ring (bicyclic) bond motifs is 1. The molecule has 7 nitrogen and oxygen atoms in total. The zero-order valence-corrected chi connectivity index (χ0v) is 19.7. The van der Waals surface area contributed by atoms with Crippen LogP contribution in [0.2, 0.25) is 0 Å². The van der Waals surface area contributed by atoms with Gasteiger partial charge in [-0.05, 0) is 67.7 Å². The number of carbonyl (C=O) groups excluding carboxylic acids is 2. The second-order valence-electron chi connectivity index (χ2n) is 7.82. The highest BCUT2D eigenvalue weighted by Gasteiger charge is 2.26. The third kappa shape index (κ3) is 5.11. The standard InChI is InChI=1S/C23H27N3O4S2/c1-29-22(28)19-17-5-3-2-4-6-18(17)32-20(19)25-23(31)24-16-9-7-15(8-10-16)21(27)26-11-13-30-14-12-26/h7-10H,2-6,11-14H2,1H3,(H2,24,25,31). The number of anilines is 2. The molecule has 2 heterocycles. The number of esters is 1. The number of methoxy groups -OCH3 is 1. The number of morpholine rings is 1. The number of benzene rings is 1. The summed E-state index contributed by atoms with van der Waals surface area (Å²) < 4.78 is 10.4. The zero-order valence-electron chi connectivity index (χ0n) is 18.1. The van der Waals surface area contributed by atoms with Crippen molar-refractivity contribution in [1.82, 2.24) is 4.90 Å². The molecule has 170 valence electrons. The van der Waals surface area contributed by atoms with E-state index in [1.807, 2.05) is 12.1 Å². The van der Waals surface area contributed by atoms with Gasteiger partial charge in [0, 0.05) is 29.2 Å². The normalized spacial score (nSPS) is 16.0. The van der Waals surface area contributed by atoms with Crippen molar-refractivity contribution in [2.45, 2.75) is 32.1 Å².